The third-order valence-electron chi connectivity index (χ3n) is 5.55. The van der Waals surface area contributed by atoms with Crippen LogP contribution in [0.15, 0.2) is 30.6 Å². The Kier molecular flexibility index (Phi) is 4.60. The van der Waals surface area contributed by atoms with Crippen LogP contribution in [0.1, 0.15) is 43.5 Å². The van der Waals surface area contributed by atoms with Crippen molar-refractivity contribution in [2.75, 3.05) is 17.7 Å². The van der Waals surface area contributed by atoms with E-state index in [1.165, 1.54) is 0 Å². The van der Waals surface area contributed by atoms with Crippen LogP contribution >= 0.6 is 11.6 Å². The SMILES string of the molecule is Nc1nc(Cl)cc2cc(NC(=O)C3CC3c3ccn(C4CCCCO4)n3)ncc12. The highest BCUT2D eigenvalue weighted by atomic mass is 35.5. The smallest absolute Gasteiger partial charge is 0.229 e. The van der Waals surface area contributed by atoms with E-state index in [-0.39, 0.29) is 24.0 Å². The van der Waals surface area contributed by atoms with Crippen LogP contribution in [0, 0.1) is 5.92 Å². The van der Waals surface area contributed by atoms with Crippen LogP contribution in [0.25, 0.3) is 10.8 Å². The predicted octanol–water partition coefficient (Wildman–Crippen LogP) is 3.50. The molecule has 1 aliphatic heterocycles. The lowest BCUT2D eigenvalue weighted by molar-refractivity contribution is -0.117. The molecule has 9 heteroatoms. The largest absolute Gasteiger partial charge is 0.383 e. The maximum absolute atomic E-state index is 12.7. The molecule has 2 aliphatic rings. The number of hydrogen-bond donors (Lipinski definition) is 2. The van der Waals surface area contributed by atoms with E-state index in [0.29, 0.717) is 22.2 Å². The van der Waals surface area contributed by atoms with Crippen molar-refractivity contribution in [2.24, 2.45) is 5.92 Å². The van der Waals surface area contributed by atoms with Gasteiger partial charge in [-0.15, -0.1) is 0 Å². The van der Waals surface area contributed by atoms with Crippen LogP contribution in [0.5, 0.6) is 0 Å². The van der Waals surface area contributed by atoms with Crippen molar-refractivity contribution < 1.29 is 9.53 Å². The van der Waals surface area contributed by atoms with E-state index in [2.05, 4.69) is 20.4 Å². The Morgan fingerprint density at radius 2 is 2.24 bits per heavy atom. The molecule has 3 aromatic rings. The van der Waals surface area contributed by atoms with Gasteiger partial charge in [-0.1, -0.05) is 11.6 Å². The van der Waals surface area contributed by atoms with Crippen molar-refractivity contribution in [3.8, 4) is 0 Å². The lowest BCUT2D eigenvalue weighted by Crippen LogP contribution is -2.18. The summed E-state index contributed by atoms with van der Waals surface area (Å²) in [5.74, 6) is 0.760. The van der Waals surface area contributed by atoms with Crippen LogP contribution in [-0.2, 0) is 9.53 Å². The third kappa shape index (κ3) is 3.65. The van der Waals surface area contributed by atoms with Gasteiger partial charge in [-0.2, -0.15) is 5.10 Å². The molecule has 0 aromatic carbocycles. The number of rotatable bonds is 4. The second-order valence-corrected chi connectivity index (χ2v) is 7.99. The lowest BCUT2D eigenvalue weighted by Gasteiger charge is -2.22. The summed E-state index contributed by atoms with van der Waals surface area (Å²) in [7, 11) is 0. The van der Waals surface area contributed by atoms with Gasteiger partial charge in [0.25, 0.3) is 0 Å². The summed E-state index contributed by atoms with van der Waals surface area (Å²) in [6.45, 7) is 0.778. The first-order chi connectivity index (χ1) is 14.1. The van der Waals surface area contributed by atoms with Gasteiger partial charge in [0, 0.05) is 36.2 Å². The Morgan fingerprint density at radius 3 is 3.07 bits per heavy atom. The second-order valence-electron chi connectivity index (χ2n) is 7.60. The number of pyridine rings is 2. The first-order valence-corrected chi connectivity index (χ1v) is 10.2. The number of nitrogens with zero attached hydrogens (tertiary/aromatic N) is 4. The third-order valence-corrected chi connectivity index (χ3v) is 5.75. The number of nitrogen functional groups attached to an aromatic ring is 1. The van der Waals surface area contributed by atoms with Crippen molar-refractivity contribution in [3.63, 3.8) is 0 Å². The van der Waals surface area contributed by atoms with Crippen molar-refractivity contribution in [3.05, 3.63) is 41.4 Å². The first kappa shape index (κ1) is 18.3. The molecule has 0 spiro atoms. The van der Waals surface area contributed by atoms with E-state index in [1.54, 1.807) is 18.3 Å². The lowest BCUT2D eigenvalue weighted by atomic mass is 10.2. The number of fused-ring (bicyclic) bond motifs is 1. The second kappa shape index (κ2) is 7.27. The molecular weight excluding hydrogens is 392 g/mol. The summed E-state index contributed by atoms with van der Waals surface area (Å²) in [6.07, 6.45) is 7.58. The molecule has 3 atom stereocenters. The average Bonchev–Trinajstić information content (AvgIpc) is 3.37. The zero-order valence-corrected chi connectivity index (χ0v) is 16.5. The molecule has 1 aliphatic carbocycles. The van der Waals surface area contributed by atoms with E-state index >= 15 is 0 Å². The number of anilines is 2. The summed E-state index contributed by atoms with van der Waals surface area (Å²) < 4.78 is 7.66. The summed E-state index contributed by atoms with van der Waals surface area (Å²) in [6, 6.07) is 5.44. The Bertz CT molecular complexity index is 1080. The molecule has 1 saturated carbocycles. The van der Waals surface area contributed by atoms with Gasteiger partial charge in [-0.25, -0.2) is 14.6 Å². The van der Waals surface area contributed by atoms with Crippen LogP contribution in [0.2, 0.25) is 5.15 Å². The fourth-order valence-electron chi connectivity index (χ4n) is 3.88. The fraction of sp³-hybridized carbons (Fsp3) is 0.400. The standard InChI is InChI=1S/C20H21ClN6O2/c21-16-7-11-8-17(23-10-14(11)19(22)24-16)25-20(28)13-9-12(13)15-4-5-27(26-15)18-3-1-2-6-29-18/h4-5,7-8,10,12-13,18H,1-3,6,9H2,(H2,22,24)(H,23,25,28). The number of carbonyl (C=O) groups excluding carboxylic acids is 1. The zero-order chi connectivity index (χ0) is 20.0. The van der Waals surface area contributed by atoms with Gasteiger partial charge in [0.1, 0.15) is 23.0 Å². The molecule has 29 heavy (non-hydrogen) atoms. The monoisotopic (exact) mass is 412 g/mol. The van der Waals surface area contributed by atoms with E-state index in [4.69, 9.17) is 22.1 Å². The summed E-state index contributed by atoms with van der Waals surface area (Å²) >= 11 is 5.97. The van der Waals surface area contributed by atoms with Crippen molar-refractivity contribution in [1.29, 1.82) is 0 Å². The minimum absolute atomic E-state index is 0.0130. The van der Waals surface area contributed by atoms with E-state index in [1.807, 2.05) is 16.9 Å². The Hall–Kier alpha value is -2.71. The van der Waals surface area contributed by atoms with Gasteiger partial charge in [0.05, 0.1) is 5.69 Å². The summed E-state index contributed by atoms with van der Waals surface area (Å²) in [4.78, 5) is 21.0. The zero-order valence-electron chi connectivity index (χ0n) is 15.7. The van der Waals surface area contributed by atoms with E-state index < -0.39 is 0 Å². The number of nitrogens with one attached hydrogen (secondary N) is 1. The molecule has 8 nitrogen and oxygen atoms in total. The van der Waals surface area contributed by atoms with Crippen LogP contribution in [-0.4, -0.2) is 32.3 Å². The fourth-order valence-corrected chi connectivity index (χ4v) is 4.09. The summed E-state index contributed by atoms with van der Waals surface area (Å²) in [5.41, 5.74) is 6.81. The topological polar surface area (TPSA) is 108 Å². The van der Waals surface area contributed by atoms with Gasteiger partial charge in [-0.05, 0) is 49.3 Å². The van der Waals surface area contributed by atoms with E-state index in [0.717, 1.165) is 43.4 Å². The van der Waals surface area contributed by atoms with E-state index in [9.17, 15) is 4.79 Å². The number of halogens is 1. The molecular formula is C20H21ClN6O2. The van der Waals surface area contributed by atoms with Gasteiger partial charge in [-0.3, -0.25) is 4.79 Å². The molecule has 0 bridgehead atoms. The molecule has 3 N–H and O–H groups in total. The number of amides is 1. The quantitative estimate of drug-likeness (QED) is 0.635. The van der Waals surface area contributed by atoms with Crippen molar-refractivity contribution in [2.45, 2.75) is 37.8 Å². The van der Waals surface area contributed by atoms with Crippen LogP contribution in [0.4, 0.5) is 11.6 Å². The average molecular weight is 413 g/mol. The van der Waals surface area contributed by atoms with Gasteiger partial charge >= 0.3 is 0 Å². The highest BCUT2D eigenvalue weighted by molar-refractivity contribution is 6.30. The first-order valence-electron chi connectivity index (χ1n) is 9.78. The van der Waals surface area contributed by atoms with Gasteiger partial charge in [0.2, 0.25) is 5.91 Å². The number of hydrogen-bond acceptors (Lipinski definition) is 6. The molecule has 1 amide bonds. The van der Waals surface area contributed by atoms with Gasteiger partial charge in [0.15, 0.2) is 0 Å². The highest BCUT2D eigenvalue weighted by Crippen LogP contribution is 2.47. The minimum atomic E-state index is -0.103. The maximum Gasteiger partial charge on any atom is 0.229 e. The van der Waals surface area contributed by atoms with Crippen molar-refractivity contribution in [1.82, 2.24) is 19.7 Å². The molecule has 3 unspecified atom stereocenters. The number of carbonyl (C=O) groups is 1. The normalized spacial score (nSPS) is 23.8. The molecule has 150 valence electrons. The van der Waals surface area contributed by atoms with Crippen LogP contribution in [0.3, 0.4) is 0 Å². The number of nitrogens with two attached hydrogens (primary N) is 1. The predicted molar refractivity (Wildman–Crippen MR) is 110 cm³/mol. The van der Waals surface area contributed by atoms with Crippen molar-refractivity contribution >= 4 is 39.9 Å². The molecule has 4 heterocycles. The maximum atomic E-state index is 12.7. The molecule has 3 aromatic heterocycles. The Balaban J connectivity index is 1.26. The number of aromatic nitrogens is 4. The Morgan fingerprint density at radius 1 is 1.34 bits per heavy atom. The van der Waals surface area contributed by atoms with Gasteiger partial charge < -0.3 is 15.8 Å². The minimum Gasteiger partial charge on any atom is -0.383 e. The molecule has 5 rings (SSSR count). The molecule has 0 radical (unpaired) electrons. The summed E-state index contributed by atoms with van der Waals surface area (Å²) in [5, 5.41) is 9.34. The molecule has 1 saturated heterocycles. The highest BCUT2D eigenvalue weighted by Gasteiger charge is 2.45. The molecule has 2 fully saturated rings. The van der Waals surface area contributed by atoms with Crippen LogP contribution < -0.4 is 11.1 Å². The Labute approximate surface area is 172 Å². The number of ether oxygens (including phenoxy) is 1.